The molecule has 3 unspecified atom stereocenters. The zero-order valence-electron chi connectivity index (χ0n) is 37.3. The average molecular weight is 864 g/mol. The maximum atomic E-state index is 5.55. The van der Waals surface area contributed by atoms with Gasteiger partial charge in [-0.15, -0.1) is 0 Å². The van der Waals surface area contributed by atoms with Gasteiger partial charge in [0.05, 0.1) is 16.8 Å². The molecular formula is C62H49N5. The average Bonchev–Trinajstić information content (AvgIpc) is 3.72. The molecule has 2 aromatic heterocycles. The predicted molar refractivity (Wildman–Crippen MR) is 273 cm³/mol. The van der Waals surface area contributed by atoms with Gasteiger partial charge >= 0.3 is 0 Å². The van der Waals surface area contributed by atoms with E-state index >= 15 is 0 Å². The lowest BCUT2D eigenvalue weighted by Gasteiger charge is -2.36. The normalized spacial score (nSPS) is 20.2. The van der Waals surface area contributed by atoms with Gasteiger partial charge in [-0.2, -0.15) is 0 Å². The van der Waals surface area contributed by atoms with Crippen LogP contribution in [0.3, 0.4) is 0 Å². The van der Waals surface area contributed by atoms with Crippen LogP contribution in [0.25, 0.3) is 56.3 Å². The largest absolute Gasteiger partial charge is 0.232 e. The standard InChI is InChI=1S/C62H49N5/c1-7-21-43(22-8-1)56-41-57(64-58(63-56)44-23-9-2-10-24-44)53-40-55-52(50-33-19-20-34-54(50)62(55,48-29-15-5-16-30-48)49-31-17-6-18-32-49)39-51(53)42-35-37-47(38-36-42)61-66-59(45-25-11-3-12-26-45)65-60(67-61)46-27-13-4-14-28-46/h1,3-5,7-9,11-17,19-21,23-37,39-41,43,47H,2,6,10,18,22,38H2. The summed E-state index contributed by atoms with van der Waals surface area (Å²) in [6.45, 7) is 0. The monoisotopic (exact) mass is 863 g/mol. The molecule has 0 aliphatic heterocycles. The zero-order chi connectivity index (χ0) is 44.6. The molecular weight excluding hydrogens is 815 g/mol. The number of hydrogen-bond donors (Lipinski definition) is 0. The highest BCUT2D eigenvalue weighted by molar-refractivity contribution is 5.95. The number of aromatic nitrogens is 5. The van der Waals surface area contributed by atoms with E-state index < -0.39 is 5.41 Å². The quantitative estimate of drug-likeness (QED) is 0.145. The van der Waals surface area contributed by atoms with Gasteiger partial charge in [0.15, 0.2) is 17.5 Å². The molecule has 5 aliphatic rings. The summed E-state index contributed by atoms with van der Waals surface area (Å²) >= 11 is 0. The lowest BCUT2D eigenvalue weighted by atomic mass is 9.66. The molecule has 5 aliphatic carbocycles. The summed E-state index contributed by atoms with van der Waals surface area (Å²) in [5.74, 6) is 3.01. The second-order valence-electron chi connectivity index (χ2n) is 18.0. The first-order valence-electron chi connectivity index (χ1n) is 23.8. The van der Waals surface area contributed by atoms with Crippen LogP contribution >= 0.6 is 0 Å². The maximum Gasteiger partial charge on any atom is 0.163 e. The highest BCUT2D eigenvalue weighted by Gasteiger charge is 2.47. The van der Waals surface area contributed by atoms with Crippen molar-refractivity contribution in [2.75, 3.05) is 0 Å². The highest BCUT2D eigenvalue weighted by atomic mass is 15.0. The van der Waals surface area contributed by atoms with Crippen molar-refractivity contribution in [1.29, 1.82) is 0 Å². The molecule has 322 valence electrons. The van der Waals surface area contributed by atoms with Gasteiger partial charge in [-0.1, -0.05) is 194 Å². The Morgan fingerprint density at radius 3 is 1.82 bits per heavy atom. The molecule has 0 N–H and O–H groups in total. The van der Waals surface area contributed by atoms with Gasteiger partial charge in [0.2, 0.25) is 0 Å². The van der Waals surface area contributed by atoms with Crippen molar-refractivity contribution >= 4 is 11.1 Å². The fourth-order valence-electron chi connectivity index (χ4n) is 10.6. The Morgan fingerprint density at radius 2 is 1.15 bits per heavy atom. The number of hydrogen-bond acceptors (Lipinski definition) is 5. The van der Waals surface area contributed by atoms with Crippen LogP contribution in [0.1, 0.15) is 90.0 Å². The Balaban J connectivity index is 1.06. The van der Waals surface area contributed by atoms with Crippen molar-refractivity contribution in [2.45, 2.75) is 55.8 Å². The summed E-state index contributed by atoms with van der Waals surface area (Å²) in [4.78, 5) is 26.1. The van der Waals surface area contributed by atoms with Crippen LogP contribution in [-0.2, 0) is 5.41 Å². The van der Waals surface area contributed by atoms with Crippen molar-refractivity contribution in [3.05, 3.63) is 258 Å². The minimum absolute atomic E-state index is 0.0422. The van der Waals surface area contributed by atoms with E-state index in [1.807, 2.05) is 36.4 Å². The minimum atomic E-state index is -0.519. The summed E-state index contributed by atoms with van der Waals surface area (Å²) in [6, 6.07) is 47.9. The van der Waals surface area contributed by atoms with Crippen molar-refractivity contribution in [2.24, 2.45) is 0 Å². The second-order valence-corrected chi connectivity index (χ2v) is 18.0. The molecule has 0 radical (unpaired) electrons. The first-order valence-corrected chi connectivity index (χ1v) is 23.8. The molecule has 67 heavy (non-hydrogen) atoms. The van der Waals surface area contributed by atoms with E-state index in [1.54, 1.807) is 0 Å². The van der Waals surface area contributed by atoms with Gasteiger partial charge in [0.1, 0.15) is 5.82 Å². The second kappa shape index (κ2) is 17.5. The van der Waals surface area contributed by atoms with Crippen LogP contribution < -0.4 is 0 Å². The third kappa shape index (κ3) is 7.41. The highest BCUT2D eigenvalue weighted by Crippen LogP contribution is 2.58. The molecule has 5 heteroatoms. The number of rotatable bonds is 9. The van der Waals surface area contributed by atoms with Crippen LogP contribution in [0, 0.1) is 0 Å². The van der Waals surface area contributed by atoms with Gasteiger partial charge < -0.3 is 0 Å². The van der Waals surface area contributed by atoms with Crippen LogP contribution in [0.4, 0.5) is 0 Å². The van der Waals surface area contributed by atoms with Crippen LogP contribution in [0.2, 0.25) is 0 Å². The van der Waals surface area contributed by atoms with Crippen molar-refractivity contribution in [3.63, 3.8) is 0 Å². The molecule has 2 heterocycles. The Labute approximate surface area is 392 Å². The summed E-state index contributed by atoms with van der Waals surface area (Å²) in [6.07, 6.45) is 35.4. The molecule has 0 saturated carbocycles. The van der Waals surface area contributed by atoms with E-state index in [9.17, 15) is 0 Å². The molecule has 12 rings (SSSR count). The van der Waals surface area contributed by atoms with Crippen LogP contribution in [-0.4, -0.2) is 24.9 Å². The molecule has 0 saturated heterocycles. The number of nitrogens with zero attached hydrogens (tertiary/aromatic N) is 5. The first kappa shape index (κ1) is 40.6. The Kier molecular flexibility index (Phi) is 10.6. The van der Waals surface area contributed by atoms with Crippen molar-refractivity contribution in [3.8, 4) is 45.2 Å². The molecule has 0 spiro atoms. The Morgan fingerprint density at radius 1 is 0.433 bits per heavy atom. The third-order valence-electron chi connectivity index (χ3n) is 13.9. The first-order chi connectivity index (χ1) is 33.2. The van der Waals surface area contributed by atoms with Crippen molar-refractivity contribution < 1.29 is 0 Å². The molecule has 0 bridgehead atoms. The van der Waals surface area contributed by atoms with Crippen LogP contribution in [0.5, 0.6) is 0 Å². The van der Waals surface area contributed by atoms with E-state index in [1.165, 1.54) is 33.4 Å². The third-order valence-corrected chi connectivity index (χ3v) is 13.9. The SMILES string of the molecule is C1=CCC(c2cc(-c3cc4c(cc3C3=CCC(c5nc(-c6ccccc6)nc(-c6ccccc6)n5)C=C3)-c3ccccc3C4(C3=CCCC=C3)c3ccccc3)nc(C3=CCCC=C3)n2)C=C1. The van der Waals surface area contributed by atoms with Crippen LogP contribution in [0.15, 0.2) is 218 Å². The van der Waals surface area contributed by atoms with E-state index in [0.29, 0.717) is 11.6 Å². The lowest BCUT2D eigenvalue weighted by Crippen LogP contribution is -2.29. The molecule has 0 amide bonds. The summed E-state index contributed by atoms with van der Waals surface area (Å²) in [5.41, 5.74) is 15.5. The van der Waals surface area contributed by atoms with E-state index in [0.717, 1.165) is 95.0 Å². The summed E-state index contributed by atoms with van der Waals surface area (Å²) in [5, 5.41) is 0. The Hall–Kier alpha value is -7.89. The number of benzene rings is 5. The van der Waals surface area contributed by atoms with Gasteiger partial charge in [-0.05, 0) is 101 Å². The molecule has 0 fully saturated rings. The minimum Gasteiger partial charge on any atom is -0.232 e. The van der Waals surface area contributed by atoms with Crippen molar-refractivity contribution in [1.82, 2.24) is 24.9 Å². The van der Waals surface area contributed by atoms with Gasteiger partial charge in [-0.25, -0.2) is 24.9 Å². The smallest absolute Gasteiger partial charge is 0.163 e. The maximum absolute atomic E-state index is 5.55. The predicted octanol–water partition coefficient (Wildman–Crippen LogP) is 14.7. The van der Waals surface area contributed by atoms with E-state index in [-0.39, 0.29) is 11.8 Å². The fourth-order valence-corrected chi connectivity index (χ4v) is 10.6. The summed E-state index contributed by atoms with van der Waals surface area (Å²) < 4.78 is 0. The number of allylic oxidation sites excluding steroid dienone is 16. The topological polar surface area (TPSA) is 64.5 Å². The summed E-state index contributed by atoms with van der Waals surface area (Å²) in [7, 11) is 0. The Bertz CT molecular complexity index is 3240. The van der Waals surface area contributed by atoms with E-state index in [2.05, 4.69) is 176 Å². The lowest BCUT2D eigenvalue weighted by molar-refractivity contribution is 0.751. The molecule has 3 atom stereocenters. The fraction of sp³-hybridized carbons (Fsp3) is 0.145. The molecule has 7 aromatic rings. The van der Waals surface area contributed by atoms with Gasteiger partial charge in [0, 0.05) is 34.1 Å². The number of fused-ring (bicyclic) bond motifs is 3. The van der Waals surface area contributed by atoms with Gasteiger partial charge in [-0.3, -0.25) is 0 Å². The molecule has 5 nitrogen and oxygen atoms in total. The van der Waals surface area contributed by atoms with E-state index in [4.69, 9.17) is 24.9 Å². The zero-order valence-corrected chi connectivity index (χ0v) is 37.3. The van der Waals surface area contributed by atoms with Gasteiger partial charge in [0.25, 0.3) is 0 Å². The molecule has 5 aromatic carbocycles.